The van der Waals surface area contributed by atoms with Gasteiger partial charge in [-0.25, -0.2) is 0 Å². The molecule has 0 radical (unpaired) electrons. The minimum atomic E-state index is 0.764. The van der Waals surface area contributed by atoms with Gasteiger partial charge in [0.1, 0.15) is 0 Å². The smallest absolute Gasteiger partial charge is 0.0923 e. The van der Waals surface area contributed by atoms with Crippen molar-refractivity contribution in [3.05, 3.63) is 70.4 Å². The standard InChI is InChI=1S/C24H27ClN4/c25-22-8-7-19-9-12-26-13-10-21(19)24(22)27-15-17-3-5-20(6-4-17)23-11-14-29(28-23)16-18-1-2-18/h3-8,11,14,18,26-27H,1-2,9-10,12-13,15-16H2. The third-order valence-corrected chi connectivity index (χ3v) is 6.30. The summed E-state index contributed by atoms with van der Waals surface area (Å²) in [6, 6.07) is 15.0. The van der Waals surface area contributed by atoms with Crippen molar-refractivity contribution in [3.8, 4) is 11.3 Å². The van der Waals surface area contributed by atoms with E-state index in [1.807, 2.05) is 6.07 Å². The zero-order valence-electron chi connectivity index (χ0n) is 16.6. The fraction of sp³-hybridized carbons (Fsp3) is 0.375. The summed E-state index contributed by atoms with van der Waals surface area (Å²) in [6.07, 6.45) is 6.87. The van der Waals surface area contributed by atoms with Crippen LogP contribution in [0.2, 0.25) is 5.02 Å². The lowest BCUT2D eigenvalue weighted by Gasteiger charge is -2.16. The summed E-state index contributed by atoms with van der Waals surface area (Å²) >= 11 is 6.54. The van der Waals surface area contributed by atoms with Crippen LogP contribution in [0.5, 0.6) is 0 Å². The van der Waals surface area contributed by atoms with Crippen LogP contribution in [-0.4, -0.2) is 22.9 Å². The number of benzene rings is 2. The van der Waals surface area contributed by atoms with Crippen LogP contribution in [0, 0.1) is 5.92 Å². The normalized spacial score (nSPS) is 16.3. The van der Waals surface area contributed by atoms with Gasteiger partial charge in [-0.05, 0) is 73.5 Å². The van der Waals surface area contributed by atoms with Crippen LogP contribution < -0.4 is 10.6 Å². The summed E-state index contributed by atoms with van der Waals surface area (Å²) in [5.41, 5.74) is 7.32. The molecule has 0 unspecified atom stereocenters. The van der Waals surface area contributed by atoms with Crippen LogP contribution >= 0.6 is 11.6 Å². The molecule has 3 aromatic rings. The Balaban J connectivity index is 1.28. The molecule has 0 amide bonds. The van der Waals surface area contributed by atoms with Crippen LogP contribution in [-0.2, 0) is 25.9 Å². The van der Waals surface area contributed by atoms with E-state index in [0.717, 1.165) is 61.3 Å². The molecule has 1 aliphatic heterocycles. The van der Waals surface area contributed by atoms with Gasteiger partial charge in [-0.1, -0.05) is 41.9 Å². The minimum absolute atomic E-state index is 0.764. The molecule has 2 aliphatic rings. The quantitative estimate of drug-likeness (QED) is 0.610. The Kier molecular flexibility index (Phi) is 5.30. The highest BCUT2D eigenvalue weighted by Crippen LogP contribution is 2.32. The van der Waals surface area contributed by atoms with Gasteiger partial charge in [0, 0.05) is 24.8 Å². The van der Waals surface area contributed by atoms with Gasteiger partial charge >= 0.3 is 0 Å². The van der Waals surface area contributed by atoms with Crippen LogP contribution in [0.4, 0.5) is 5.69 Å². The van der Waals surface area contributed by atoms with Crippen molar-refractivity contribution in [2.75, 3.05) is 18.4 Å². The van der Waals surface area contributed by atoms with Gasteiger partial charge in [0.25, 0.3) is 0 Å². The number of rotatable bonds is 6. The number of aromatic nitrogens is 2. The molecule has 2 heterocycles. The molecule has 2 N–H and O–H groups in total. The molecular formula is C24H27ClN4. The Morgan fingerprint density at radius 2 is 1.86 bits per heavy atom. The van der Waals surface area contributed by atoms with Gasteiger partial charge in [0.2, 0.25) is 0 Å². The zero-order valence-corrected chi connectivity index (χ0v) is 17.4. The summed E-state index contributed by atoms with van der Waals surface area (Å²) < 4.78 is 2.08. The maximum absolute atomic E-state index is 6.54. The van der Waals surface area contributed by atoms with E-state index in [4.69, 9.17) is 16.7 Å². The molecule has 150 valence electrons. The lowest BCUT2D eigenvalue weighted by molar-refractivity contribution is 0.564. The molecule has 1 saturated carbocycles. The average Bonchev–Trinajstić information content (AvgIpc) is 3.48. The molecule has 5 rings (SSSR count). The first kappa shape index (κ1) is 18.7. The second-order valence-electron chi connectivity index (χ2n) is 8.23. The molecule has 0 atom stereocenters. The summed E-state index contributed by atoms with van der Waals surface area (Å²) in [6.45, 7) is 3.86. The SMILES string of the molecule is Clc1ccc2c(c1NCc1ccc(-c3ccn(CC4CC4)n3)cc1)CCNCC2. The molecule has 2 aromatic carbocycles. The Labute approximate surface area is 177 Å². The van der Waals surface area contributed by atoms with Crippen molar-refractivity contribution in [2.24, 2.45) is 5.92 Å². The summed E-state index contributed by atoms with van der Waals surface area (Å²) in [7, 11) is 0. The van der Waals surface area contributed by atoms with Crippen molar-refractivity contribution in [3.63, 3.8) is 0 Å². The van der Waals surface area contributed by atoms with Crippen molar-refractivity contribution in [1.29, 1.82) is 0 Å². The first-order valence-electron chi connectivity index (χ1n) is 10.6. The third-order valence-electron chi connectivity index (χ3n) is 5.98. The van der Waals surface area contributed by atoms with E-state index in [2.05, 4.69) is 57.9 Å². The third kappa shape index (κ3) is 4.34. The van der Waals surface area contributed by atoms with Gasteiger partial charge in [-0.15, -0.1) is 0 Å². The molecule has 1 aromatic heterocycles. The van der Waals surface area contributed by atoms with E-state index in [1.165, 1.54) is 35.1 Å². The zero-order chi connectivity index (χ0) is 19.6. The topological polar surface area (TPSA) is 41.9 Å². The molecule has 1 aliphatic carbocycles. The summed E-state index contributed by atoms with van der Waals surface area (Å²) in [4.78, 5) is 0. The maximum Gasteiger partial charge on any atom is 0.0923 e. The van der Waals surface area contributed by atoms with E-state index in [9.17, 15) is 0 Å². The molecule has 0 saturated heterocycles. The second kappa shape index (κ2) is 8.21. The van der Waals surface area contributed by atoms with Crippen molar-refractivity contribution < 1.29 is 0 Å². The summed E-state index contributed by atoms with van der Waals surface area (Å²) in [5.74, 6) is 0.840. The Hall–Kier alpha value is -2.30. The molecule has 4 nitrogen and oxygen atoms in total. The molecule has 0 spiro atoms. The van der Waals surface area contributed by atoms with Crippen LogP contribution in [0.25, 0.3) is 11.3 Å². The molecular weight excluding hydrogens is 380 g/mol. The first-order valence-corrected chi connectivity index (χ1v) is 11.0. The second-order valence-corrected chi connectivity index (χ2v) is 8.63. The highest BCUT2D eigenvalue weighted by atomic mass is 35.5. The highest BCUT2D eigenvalue weighted by Gasteiger charge is 2.22. The van der Waals surface area contributed by atoms with Crippen molar-refractivity contribution in [1.82, 2.24) is 15.1 Å². The number of hydrogen-bond acceptors (Lipinski definition) is 3. The van der Waals surface area contributed by atoms with E-state index in [1.54, 1.807) is 0 Å². The highest BCUT2D eigenvalue weighted by molar-refractivity contribution is 6.33. The number of anilines is 1. The lowest BCUT2D eigenvalue weighted by atomic mass is 10.0. The van der Waals surface area contributed by atoms with Gasteiger partial charge in [-0.2, -0.15) is 5.10 Å². The number of halogens is 1. The van der Waals surface area contributed by atoms with Crippen LogP contribution in [0.3, 0.4) is 0 Å². The van der Waals surface area contributed by atoms with E-state index in [0.29, 0.717) is 0 Å². The van der Waals surface area contributed by atoms with E-state index < -0.39 is 0 Å². The number of hydrogen-bond donors (Lipinski definition) is 2. The number of nitrogens with one attached hydrogen (secondary N) is 2. The summed E-state index contributed by atoms with van der Waals surface area (Å²) in [5, 5.41) is 12.6. The minimum Gasteiger partial charge on any atom is -0.380 e. The maximum atomic E-state index is 6.54. The largest absolute Gasteiger partial charge is 0.380 e. The predicted octanol–water partition coefficient (Wildman–Crippen LogP) is 4.91. The first-order chi connectivity index (χ1) is 14.3. The molecule has 5 heteroatoms. The molecule has 29 heavy (non-hydrogen) atoms. The van der Waals surface area contributed by atoms with E-state index in [-0.39, 0.29) is 0 Å². The monoisotopic (exact) mass is 406 g/mol. The van der Waals surface area contributed by atoms with Gasteiger partial charge in [0.05, 0.1) is 16.4 Å². The lowest BCUT2D eigenvalue weighted by Crippen LogP contribution is -2.16. The number of nitrogens with zero attached hydrogens (tertiary/aromatic N) is 2. The average molecular weight is 407 g/mol. The molecule has 0 bridgehead atoms. The Morgan fingerprint density at radius 3 is 2.69 bits per heavy atom. The van der Waals surface area contributed by atoms with Crippen LogP contribution in [0.15, 0.2) is 48.7 Å². The Morgan fingerprint density at radius 1 is 1.03 bits per heavy atom. The van der Waals surface area contributed by atoms with Gasteiger partial charge in [0.15, 0.2) is 0 Å². The van der Waals surface area contributed by atoms with Crippen LogP contribution in [0.1, 0.15) is 29.5 Å². The molecule has 1 fully saturated rings. The van der Waals surface area contributed by atoms with Gasteiger partial charge < -0.3 is 10.6 Å². The van der Waals surface area contributed by atoms with Gasteiger partial charge in [-0.3, -0.25) is 4.68 Å². The predicted molar refractivity (Wildman–Crippen MR) is 119 cm³/mol. The van der Waals surface area contributed by atoms with Crippen molar-refractivity contribution in [2.45, 2.75) is 38.8 Å². The number of fused-ring (bicyclic) bond motifs is 1. The Bertz CT molecular complexity index is 989. The fourth-order valence-electron chi connectivity index (χ4n) is 4.10. The van der Waals surface area contributed by atoms with E-state index >= 15 is 0 Å². The fourth-order valence-corrected chi connectivity index (χ4v) is 4.34. The van der Waals surface area contributed by atoms with Crippen molar-refractivity contribution >= 4 is 17.3 Å².